The van der Waals surface area contributed by atoms with Crippen LogP contribution < -0.4 is 9.47 Å². The van der Waals surface area contributed by atoms with Gasteiger partial charge in [0.05, 0.1) is 22.9 Å². The molecule has 0 aromatic heterocycles. The Morgan fingerprint density at radius 2 is 1.17 bits per heavy atom. The van der Waals surface area contributed by atoms with E-state index in [1.54, 1.807) is 24.3 Å². The average molecular weight is 367 g/mol. The number of benzene rings is 2. The van der Waals surface area contributed by atoms with E-state index < -0.39 is 11.9 Å². The maximum Gasteiger partial charge on any atom is 0.311 e. The monoisotopic (exact) mass is 366 g/mol. The SMILES string of the molecule is Cc1ccc(Cl)c(OC(=O)CCC(=O)Oc2cc(C)ccc2Cl)c1. The number of carbonyl (C=O) groups excluding carboxylic acids is 2. The zero-order chi connectivity index (χ0) is 17.7. The molecule has 0 amide bonds. The van der Waals surface area contributed by atoms with Crippen LogP contribution in [0.2, 0.25) is 10.0 Å². The fraction of sp³-hybridized carbons (Fsp3) is 0.222. The van der Waals surface area contributed by atoms with Crippen molar-refractivity contribution in [1.29, 1.82) is 0 Å². The van der Waals surface area contributed by atoms with E-state index in [-0.39, 0.29) is 24.3 Å². The highest BCUT2D eigenvalue weighted by atomic mass is 35.5. The van der Waals surface area contributed by atoms with Crippen LogP contribution in [0.4, 0.5) is 0 Å². The number of carbonyl (C=O) groups is 2. The van der Waals surface area contributed by atoms with Crippen LogP contribution in [0.5, 0.6) is 11.5 Å². The molecule has 6 heteroatoms. The quantitative estimate of drug-likeness (QED) is 0.557. The number of halogens is 2. The van der Waals surface area contributed by atoms with E-state index in [9.17, 15) is 9.59 Å². The normalized spacial score (nSPS) is 10.3. The lowest BCUT2D eigenvalue weighted by atomic mass is 10.2. The van der Waals surface area contributed by atoms with Gasteiger partial charge in [-0.3, -0.25) is 9.59 Å². The van der Waals surface area contributed by atoms with Gasteiger partial charge >= 0.3 is 11.9 Å². The molecule has 0 aliphatic carbocycles. The minimum atomic E-state index is -0.560. The van der Waals surface area contributed by atoms with Gasteiger partial charge in [-0.2, -0.15) is 0 Å². The Bertz CT molecular complexity index is 706. The van der Waals surface area contributed by atoms with Crippen LogP contribution in [0.3, 0.4) is 0 Å². The molecule has 0 spiro atoms. The predicted molar refractivity (Wildman–Crippen MR) is 92.9 cm³/mol. The van der Waals surface area contributed by atoms with Crippen molar-refractivity contribution in [3.05, 3.63) is 57.6 Å². The summed E-state index contributed by atoms with van der Waals surface area (Å²) in [5.41, 5.74) is 1.83. The largest absolute Gasteiger partial charge is 0.425 e. The molecule has 0 unspecified atom stereocenters. The maximum absolute atomic E-state index is 11.8. The molecule has 2 aromatic rings. The lowest BCUT2D eigenvalue weighted by molar-refractivity contribution is -0.140. The van der Waals surface area contributed by atoms with Crippen LogP contribution in [0.25, 0.3) is 0 Å². The molecule has 24 heavy (non-hydrogen) atoms. The molecule has 0 saturated carbocycles. The summed E-state index contributed by atoms with van der Waals surface area (Å²) in [5, 5.41) is 0.672. The van der Waals surface area contributed by atoms with Crippen LogP contribution in [-0.4, -0.2) is 11.9 Å². The lowest BCUT2D eigenvalue weighted by Gasteiger charge is -2.08. The van der Waals surface area contributed by atoms with E-state index >= 15 is 0 Å². The third kappa shape index (κ3) is 5.25. The molecule has 0 aliphatic heterocycles. The number of aryl methyl sites for hydroxylation is 2. The molecule has 2 aromatic carbocycles. The Morgan fingerprint density at radius 1 is 0.792 bits per heavy atom. The van der Waals surface area contributed by atoms with Crippen molar-refractivity contribution in [1.82, 2.24) is 0 Å². The number of esters is 2. The van der Waals surface area contributed by atoms with E-state index in [0.717, 1.165) is 11.1 Å². The summed E-state index contributed by atoms with van der Waals surface area (Å²) < 4.78 is 10.3. The summed E-state index contributed by atoms with van der Waals surface area (Å²) in [7, 11) is 0. The molecule has 0 saturated heterocycles. The second-order valence-corrected chi connectivity index (χ2v) is 6.13. The van der Waals surface area contributed by atoms with Crippen molar-refractivity contribution in [2.75, 3.05) is 0 Å². The van der Waals surface area contributed by atoms with Gasteiger partial charge in [-0.05, 0) is 49.2 Å². The molecular formula is C18H16Cl2O4. The van der Waals surface area contributed by atoms with E-state index in [0.29, 0.717) is 10.0 Å². The van der Waals surface area contributed by atoms with E-state index in [2.05, 4.69) is 0 Å². The van der Waals surface area contributed by atoms with Crippen LogP contribution in [0.1, 0.15) is 24.0 Å². The molecule has 0 radical (unpaired) electrons. The first kappa shape index (κ1) is 18.3. The van der Waals surface area contributed by atoms with Gasteiger partial charge in [0.1, 0.15) is 11.5 Å². The highest BCUT2D eigenvalue weighted by molar-refractivity contribution is 6.32. The minimum Gasteiger partial charge on any atom is -0.425 e. The Balaban J connectivity index is 1.88. The predicted octanol–water partition coefficient (Wildman–Crippen LogP) is 4.90. The van der Waals surface area contributed by atoms with E-state index in [4.69, 9.17) is 32.7 Å². The summed E-state index contributed by atoms with van der Waals surface area (Å²) in [5.74, 6) is -0.571. The van der Waals surface area contributed by atoms with Crippen molar-refractivity contribution in [2.24, 2.45) is 0 Å². The van der Waals surface area contributed by atoms with Crippen molar-refractivity contribution in [3.8, 4) is 11.5 Å². The van der Waals surface area contributed by atoms with Gasteiger partial charge in [-0.1, -0.05) is 35.3 Å². The highest BCUT2D eigenvalue weighted by Crippen LogP contribution is 2.27. The Morgan fingerprint density at radius 3 is 1.54 bits per heavy atom. The number of hydrogen-bond acceptors (Lipinski definition) is 4. The maximum atomic E-state index is 11.8. The summed E-state index contributed by atoms with van der Waals surface area (Å²) >= 11 is 11.9. The molecule has 2 rings (SSSR count). The zero-order valence-corrected chi connectivity index (χ0v) is 14.8. The molecule has 0 bridgehead atoms. The van der Waals surface area contributed by atoms with Gasteiger partial charge in [0.25, 0.3) is 0 Å². The highest BCUT2D eigenvalue weighted by Gasteiger charge is 2.14. The van der Waals surface area contributed by atoms with Gasteiger partial charge in [0.2, 0.25) is 0 Å². The van der Waals surface area contributed by atoms with Gasteiger partial charge in [-0.25, -0.2) is 0 Å². The van der Waals surface area contributed by atoms with Gasteiger partial charge in [-0.15, -0.1) is 0 Å². The Labute approximate surface area is 150 Å². The van der Waals surface area contributed by atoms with Crippen LogP contribution >= 0.6 is 23.2 Å². The standard InChI is InChI=1S/C18H16Cl2O4/c1-11-3-5-13(19)15(9-11)23-17(21)7-8-18(22)24-16-10-12(2)4-6-14(16)20/h3-6,9-10H,7-8H2,1-2H3. The Kier molecular flexibility index (Phi) is 6.23. The third-order valence-corrected chi connectivity index (χ3v) is 3.78. The van der Waals surface area contributed by atoms with Crippen molar-refractivity contribution >= 4 is 35.1 Å². The molecular weight excluding hydrogens is 351 g/mol. The smallest absolute Gasteiger partial charge is 0.311 e. The first-order valence-electron chi connectivity index (χ1n) is 7.29. The average Bonchev–Trinajstić information content (AvgIpc) is 2.52. The van der Waals surface area contributed by atoms with Crippen molar-refractivity contribution < 1.29 is 19.1 Å². The summed E-state index contributed by atoms with van der Waals surface area (Å²) in [4.78, 5) is 23.7. The Hall–Kier alpha value is -2.04. The van der Waals surface area contributed by atoms with Gasteiger partial charge in [0.15, 0.2) is 0 Å². The molecule has 0 aliphatic rings. The molecule has 0 heterocycles. The third-order valence-electron chi connectivity index (χ3n) is 3.15. The summed E-state index contributed by atoms with van der Waals surface area (Å²) in [6.45, 7) is 3.72. The fourth-order valence-electron chi connectivity index (χ4n) is 1.93. The molecule has 0 fully saturated rings. The molecule has 0 N–H and O–H groups in total. The summed E-state index contributed by atoms with van der Waals surface area (Å²) in [6, 6.07) is 10.2. The topological polar surface area (TPSA) is 52.6 Å². The van der Waals surface area contributed by atoms with Crippen LogP contribution in [0.15, 0.2) is 36.4 Å². The van der Waals surface area contributed by atoms with Gasteiger partial charge < -0.3 is 9.47 Å². The summed E-state index contributed by atoms with van der Waals surface area (Å²) in [6.07, 6.45) is -0.237. The van der Waals surface area contributed by atoms with E-state index in [1.165, 1.54) is 0 Å². The van der Waals surface area contributed by atoms with Crippen LogP contribution in [0, 0.1) is 13.8 Å². The van der Waals surface area contributed by atoms with E-state index in [1.807, 2.05) is 26.0 Å². The number of hydrogen-bond donors (Lipinski definition) is 0. The zero-order valence-electron chi connectivity index (χ0n) is 13.3. The number of ether oxygens (including phenoxy) is 2. The second kappa shape index (κ2) is 8.18. The second-order valence-electron chi connectivity index (χ2n) is 5.32. The first-order chi connectivity index (χ1) is 11.3. The van der Waals surface area contributed by atoms with Crippen molar-refractivity contribution in [3.63, 3.8) is 0 Å². The molecule has 126 valence electrons. The molecule has 4 nitrogen and oxygen atoms in total. The lowest BCUT2D eigenvalue weighted by Crippen LogP contribution is -2.14. The van der Waals surface area contributed by atoms with Crippen molar-refractivity contribution in [2.45, 2.75) is 26.7 Å². The van der Waals surface area contributed by atoms with Gasteiger partial charge in [0, 0.05) is 0 Å². The number of rotatable bonds is 5. The molecule has 0 atom stereocenters. The minimum absolute atomic E-state index is 0.119. The first-order valence-corrected chi connectivity index (χ1v) is 8.04. The van der Waals surface area contributed by atoms with Crippen LogP contribution in [-0.2, 0) is 9.59 Å². The fourth-order valence-corrected chi connectivity index (χ4v) is 2.24.